The van der Waals surface area contributed by atoms with Crippen LogP contribution >= 0.6 is 0 Å². The zero-order valence-corrected chi connectivity index (χ0v) is 9.12. The van der Waals surface area contributed by atoms with Gasteiger partial charge < -0.3 is 14.6 Å². The number of aliphatic hydroxyl groups is 1. The van der Waals surface area contributed by atoms with Crippen molar-refractivity contribution in [1.82, 2.24) is 0 Å². The van der Waals surface area contributed by atoms with E-state index >= 15 is 0 Å². The van der Waals surface area contributed by atoms with Crippen LogP contribution in [0.1, 0.15) is 18.4 Å². The van der Waals surface area contributed by atoms with Crippen molar-refractivity contribution in [2.24, 2.45) is 0 Å². The Balaban J connectivity index is 2.47. The lowest BCUT2D eigenvalue weighted by Gasteiger charge is -2.18. The van der Waals surface area contributed by atoms with Gasteiger partial charge in [0.1, 0.15) is 0 Å². The van der Waals surface area contributed by atoms with Crippen LogP contribution in [-0.4, -0.2) is 25.9 Å². The van der Waals surface area contributed by atoms with Gasteiger partial charge in [0.15, 0.2) is 11.5 Å². The molecule has 0 heterocycles. The minimum Gasteiger partial charge on any atom is -0.493 e. The highest BCUT2D eigenvalue weighted by Crippen LogP contribution is 2.52. The molecule has 0 bridgehead atoms. The van der Waals surface area contributed by atoms with E-state index in [4.69, 9.17) is 9.47 Å². The number of rotatable bonds is 4. The average molecular weight is 208 g/mol. The molecule has 0 radical (unpaired) electrons. The van der Waals surface area contributed by atoms with E-state index < -0.39 is 0 Å². The Morgan fingerprint density at radius 1 is 1.27 bits per heavy atom. The molecular formula is C12H16O3. The first kappa shape index (κ1) is 10.3. The third-order valence-electron chi connectivity index (χ3n) is 3.13. The van der Waals surface area contributed by atoms with Crippen LogP contribution in [0.5, 0.6) is 11.5 Å². The molecule has 0 amide bonds. The maximum atomic E-state index is 9.40. The maximum absolute atomic E-state index is 9.40. The third kappa shape index (κ3) is 1.57. The van der Waals surface area contributed by atoms with Gasteiger partial charge in [0.05, 0.1) is 20.8 Å². The van der Waals surface area contributed by atoms with Gasteiger partial charge in [-0.05, 0) is 18.9 Å². The van der Waals surface area contributed by atoms with Crippen molar-refractivity contribution >= 4 is 0 Å². The van der Waals surface area contributed by atoms with Crippen LogP contribution in [0.15, 0.2) is 18.2 Å². The predicted molar refractivity (Wildman–Crippen MR) is 57.5 cm³/mol. The van der Waals surface area contributed by atoms with Crippen LogP contribution in [0.25, 0.3) is 0 Å². The number of hydrogen-bond acceptors (Lipinski definition) is 3. The van der Waals surface area contributed by atoms with E-state index in [1.807, 2.05) is 18.2 Å². The molecule has 1 saturated carbocycles. The number of hydrogen-bond donors (Lipinski definition) is 1. The molecule has 0 atom stereocenters. The van der Waals surface area contributed by atoms with E-state index in [-0.39, 0.29) is 12.0 Å². The summed E-state index contributed by atoms with van der Waals surface area (Å²) in [6, 6.07) is 5.81. The molecular weight excluding hydrogens is 192 g/mol. The Bertz CT molecular complexity index is 356. The lowest BCUT2D eigenvalue weighted by Crippen LogP contribution is -2.13. The molecule has 1 fully saturated rings. The van der Waals surface area contributed by atoms with E-state index in [0.717, 1.165) is 29.9 Å². The lowest BCUT2D eigenvalue weighted by molar-refractivity contribution is 0.250. The summed E-state index contributed by atoms with van der Waals surface area (Å²) in [6.45, 7) is 0.177. The van der Waals surface area contributed by atoms with Crippen molar-refractivity contribution in [3.63, 3.8) is 0 Å². The molecule has 15 heavy (non-hydrogen) atoms. The molecule has 82 valence electrons. The van der Waals surface area contributed by atoms with Gasteiger partial charge in [-0.2, -0.15) is 0 Å². The summed E-state index contributed by atoms with van der Waals surface area (Å²) >= 11 is 0. The fraction of sp³-hybridized carbons (Fsp3) is 0.500. The SMILES string of the molecule is COc1cccc(C2(CO)CC2)c1OC. The third-order valence-corrected chi connectivity index (χ3v) is 3.13. The van der Waals surface area contributed by atoms with Crippen LogP contribution < -0.4 is 9.47 Å². The average Bonchev–Trinajstić information content (AvgIpc) is 3.08. The number of methoxy groups -OCH3 is 2. The first-order valence-electron chi connectivity index (χ1n) is 5.10. The highest BCUT2D eigenvalue weighted by Gasteiger charge is 2.46. The Morgan fingerprint density at radius 2 is 2.00 bits per heavy atom. The van der Waals surface area contributed by atoms with E-state index in [0.29, 0.717) is 0 Å². The topological polar surface area (TPSA) is 38.7 Å². The van der Waals surface area contributed by atoms with Gasteiger partial charge in [-0.3, -0.25) is 0 Å². The highest BCUT2D eigenvalue weighted by molar-refractivity contribution is 5.52. The van der Waals surface area contributed by atoms with Crippen molar-refractivity contribution in [3.05, 3.63) is 23.8 Å². The number of benzene rings is 1. The molecule has 1 N–H and O–H groups in total. The van der Waals surface area contributed by atoms with Gasteiger partial charge in [0.2, 0.25) is 0 Å². The molecule has 0 spiro atoms. The van der Waals surface area contributed by atoms with Crippen LogP contribution in [0.3, 0.4) is 0 Å². The van der Waals surface area contributed by atoms with Gasteiger partial charge in [0, 0.05) is 11.0 Å². The van der Waals surface area contributed by atoms with Crippen LogP contribution in [-0.2, 0) is 5.41 Å². The van der Waals surface area contributed by atoms with Crippen molar-refractivity contribution in [2.75, 3.05) is 20.8 Å². The predicted octanol–water partition coefficient (Wildman–Crippen LogP) is 1.73. The van der Waals surface area contributed by atoms with Crippen molar-refractivity contribution in [2.45, 2.75) is 18.3 Å². The summed E-state index contributed by atoms with van der Waals surface area (Å²) in [6.07, 6.45) is 2.04. The molecule has 3 heteroatoms. The van der Waals surface area contributed by atoms with E-state index in [9.17, 15) is 5.11 Å². The number of para-hydroxylation sites is 1. The van der Waals surface area contributed by atoms with Crippen LogP contribution in [0.4, 0.5) is 0 Å². The second kappa shape index (κ2) is 3.74. The van der Waals surface area contributed by atoms with Gasteiger partial charge in [0.25, 0.3) is 0 Å². The normalized spacial score (nSPS) is 17.3. The largest absolute Gasteiger partial charge is 0.493 e. The molecule has 0 saturated heterocycles. The fourth-order valence-electron chi connectivity index (χ4n) is 1.97. The first-order valence-corrected chi connectivity index (χ1v) is 5.10. The lowest BCUT2D eigenvalue weighted by atomic mass is 9.95. The monoisotopic (exact) mass is 208 g/mol. The molecule has 0 unspecified atom stereocenters. The zero-order chi connectivity index (χ0) is 10.9. The van der Waals surface area contributed by atoms with Gasteiger partial charge >= 0.3 is 0 Å². The first-order chi connectivity index (χ1) is 7.27. The Labute approximate surface area is 89.6 Å². The standard InChI is InChI=1S/C12H16O3/c1-14-10-5-3-4-9(11(10)15-2)12(8-13)6-7-12/h3-5,13H,6-8H2,1-2H3. The Hall–Kier alpha value is -1.22. The quantitative estimate of drug-likeness (QED) is 0.819. The maximum Gasteiger partial charge on any atom is 0.164 e. The fourth-order valence-corrected chi connectivity index (χ4v) is 1.97. The molecule has 3 nitrogen and oxygen atoms in total. The summed E-state index contributed by atoms with van der Waals surface area (Å²) in [7, 11) is 3.26. The number of aliphatic hydroxyl groups excluding tert-OH is 1. The molecule has 1 aliphatic rings. The second-order valence-corrected chi connectivity index (χ2v) is 3.98. The van der Waals surface area contributed by atoms with Gasteiger partial charge in [-0.1, -0.05) is 12.1 Å². The Kier molecular flexibility index (Phi) is 2.57. The summed E-state index contributed by atoms with van der Waals surface area (Å²) in [5.74, 6) is 1.49. The van der Waals surface area contributed by atoms with Crippen molar-refractivity contribution in [1.29, 1.82) is 0 Å². The summed E-state index contributed by atoms with van der Waals surface area (Å²) < 4.78 is 10.6. The number of ether oxygens (including phenoxy) is 2. The molecule has 0 aromatic heterocycles. The smallest absolute Gasteiger partial charge is 0.164 e. The molecule has 1 aliphatic carbocycles. The van der Waals surface area contributed by atoms with Gasteiger partial charge in [-0.15, -0.1) is 0 Å². The Morgan fingerprint density at radius 3 is 2.47 bits per heavy atom. The molecule has 0 aliphatic heterocycles. The second-order valence-electron chi connectivity index (χ2n) is 3.98. The summed E-state index contributed by atoms with van der Waals surface area (Å²) in [4.78, 5) is 0. The van der Waals surface area contributed by atoms with E-state index in [1.54, 1.807) is 14.2 Å². The van der Waals surface area contributed by atoms with Crippen LogP contribution in [0, 0.1) is 0 Å². The zero-order valence-electron chi connectivity index (χ0n) is 9.12. The highest BCUT2D eigenvalue weighted by atomic mass is 16.5. The minimum atomic E-state index is -0.0834. The van der Waals surface area contributed by atoms with E-state index in [1.165, 1.54) is 0 Å². The summed E-state index contributed by atoms with van der Waals surface area (Å²) in [5, 5.41) is 9.40. The molecule has 1 aromatic rings. The van der Waals surface area contributed by atoms with Crippen molar-refractivity contribution < 1.29 is 14.6 Å². The van der Waals surface area contributed by atoms with E-state index in [2.05, 4.69) is 0 Å². The molecule has 1 aromatic carbocycles. The minimum absolute atomic E-state index is 0.0834. The summed E-state index contributed by atoms with van der Waals surface area (Å²) in [5.41, 5.74) is 0.978. The van der Waals surface area contributed by atoms with Crippen LogP contribution in [0.2, 0.25) is 0 Å². The van der Waals surface area contributed by atoms with Gasteiger partial charge in [-0.25, -0.2) is 0 Å². The van der Waals surface area contributed by atoms with Crippen molar-refractivity contribution in [3.8, 4) is 11.5 Å². The molecule has 2 rings (SSSR count).